The van der Waals surface area contributed by atoms with Gasteiger partial charge in [-0.05, 0) is 38.5 Å². The number of aliphatic imine (C=N–C) groups is 1. The monoisotopic (exact) mass is 410 g/mol. The highest BCUT2D eigenvalue weighted by atomic mass is 32.2. The highest BCUT2D eigenvalue weighted by Gasteiger charge is 2.27. The SMILES string of the molecule is CCCc1nc(C)c2n1NC(c1cc(S(=O)(=O)O)ccc1OCC)=NC2S. The summed E-state index contributed by atoms with van der Waals surface area (Å²) in [6.07, 6.45) is 1.69. The lowest BCUT2D eigenvalue weighted by Crippen LogP contribution is -2.32. The highest BCUT2D eigenvalue weighted by molar-refractivity contribution is 7.85. The summed E-state index contributed by atoms with van der Waals surface area (Å²) in [5.74, 6) is 1.69. The number of nitrogens with one attached hydrogen (secondary N) is 1. The Morgan fingerprint density at radius 2 is 2.11 bits per heavy atom. The number of aryl methyl sites for hydroxylation is 2. The minimum atomic E-state index is -4.36. The van der Waals surface area contributed by atoms with E-state index < -0.39 is 15.5 Å². The molecule has 0 bridgehead atoms. The normalized spacial score (nSPS) is 16.5. The topological polar surface area (TPSA) is 106 Å². The van der Waals surface area contributed by atoms with E-state index >= 15 is 0 Å². The molecule has 1 atom stereocenters. The van der Waals surface area contributed by atoms with E-state index in [1.54, 1.807) is 0 Å². The van der Waals surface area contributed by atoms with Crippen molar-refractivity contribution in [3.63, 3.8) is 0 Å². The van der Waals surface area contributed by atoms with Crippen LogP contribution < -0.4 is 10.2 Å². The fraction of sp³-hybridized carbons (Fsp3) is 0.412. The van der Waals surface area contributed by atoms with Crippen molar-refractivity contribution in [2.75, 3.05) is 12.0 Å². The first-order valence-electron chi connectivity index (χ1n) is 8.62. The quantitative estimate of drug-likeness (QED) is 0.499. The molecule has 0 spiro atoms. The maximum atomic E-state index is 11.6. The third kappa shape index (κ3) is 3.83. The van der Waals surface area contributed by atoms with Crippen molar-refractivity contribution < 1.29 is 17.7 Å². The van der Waals surface area contributed by atoms with Gasteiger partial charge in [0.15, 0.2) is 5.84 Å². The van der Waals surface area contributed by atoms with Crippen LogP contribution >= 0.6 is 12.6 Å². The molecule has 3 rings (SSSR count). The number of rotatable bonds is 6. The van der Waals surface area contributed by atoms with Crippen LogP contribution in [0.15, 0.2) is 28.1 Å². The van der Waals surface area contributed by atoms with E-state index in [0.717, 1.165) is 30.1 Å². The summed E-state index contributed by atoms with van der Waals surface area (Å²) < 4.78 is 40.0. The number of thiol groups is 1. The Hall–Kier alpha value is -2.04. The van der Waals surface area contributed by atoms with Crippen LogP contribution in [0, 0.1) is 6.92 Å². The molecule has 0 amide bonds. The zero-order chi connectivity index (χ0) is 19.8. The van der Waals surface area contributed by atoms with Gasteiger partial charge in [-0.3, -0.25) is 9.98 Å². The molecule has 10 heteroatoms. The molecule has 0 aliphatic carbocycles. The van der Waals surface area contributed by atoms with Gasteiger partial charge in [-0.2, -0.15) is 8.42 Å². The molecule has 1 aromatic carbocycles. The second-order valence-corrected chi connectivity index (χ2v) is 8.02. The minimum absolute atomic E-state index is 0.234. The van der Waals surface area contributed by atoms with Crippen molar-refractivity contribution in [1.82, 2.24) is 9.66 Å². The molecule has 1 unspecified atom stereocenters. The fourth-order valence-corrected chi connectivity index (χ4v) is 3.93. The van der Waals surface area contributed by atoms with Crippen molar-refractivity contribution in [3.8, 4) is 5.75 Å². The second kappa shape index (κ2) is 7.53. The molecule has 1 aliphatic rings. The zero-order valence-electron chi connectivity index (χ0n) is 15.3. The van der Waals surface area contributed by atoms with Crippen molar-refractivity contribution in [2.45, 2.75) is 43.9 Å². The van der Waals surface area contributed by atoms with Gasteiger partial charge < -0.3 is 4.74 Å². The summed E-state index contributed by atoms with van der Waals surface area (Å²) in [4.78, 5) is 8.90. The van der Waals surface area contributed by atoms with Crippen molar-refractivity contribution in [3.05, 3.63) is 41.0 Å². The number of benzene rings is 1. The molecule has 1 aliphatic heterocycles. The zero-order valence-corrected chi connectivity index (χ0v) is 17.0. The fourth-order valence-electron chi connectivity index (χ4n) is 3.00. The van der Waals surface area contributed by atoms with Crippen LogP contribution in [0.3, 0.4) is 0 Å². The molecular formula is C17H22N4O4S2. The molecule has 0 fully saturated rings. The van der Waals surface area contributed by atoms with Gasteiger partial charge in [0.05, 0.1) is 28.5 Å². The van der Waals surface area contributed by atoms with Crippen molar-refractivity contribution in [2.24, 2.45) is 4.99 Å². The van der Waals surface area contributed by atoms with Crippen molar-refractivity contribution >= 4 is 28.6 Å². The third-order valence-electron chi connectivity index (χ3n) is 4.16. The van der Waals surface area contributed by atoms with Gasteiger partial charge in [0, 0.05) is 6.42 Å². The molecule has 27 heavy (non-hydrogen) atoms. The van der Waals surface area contributed by atoms with Gasteiger partial charge in [-0.1, -0.05) is 6.92 Å². The summed E-state index contributed by atoms with van der Waals surface area (Å²) in [6.45, 7) is 6.19. The van der Waals surface area contributed by atoms with E-state index in [0.29, 0.717) is 23.8 Å². The predicted molar refractivity (Wildman–Crippen MR) is 106 cm³/mol. The standard InChI is InChI=1S/C17H22N4O4S2/c1-4-6-14-18-10(3)15-17(26)19-16(20-21(14)15)12-9-11(27(22,23)24)7-8-13(12)25-5-2/h7-9,17,26H,4-6H2,1-3H3,(H,19,20)(H,22,23,24). The number of fused-ring (bicyclic) bond motifs is 1. The molecule has 2 N–H and O–H groups in total. The van der Waals surface area contributed by atoms with Gasteiger partial charge in [-0.25, -0.2) is 14.7 Å². The first-order valence-corrected chi connectivity index (χ1v) is 10.6. The largest absolute Gasteiger partial charge is 0.493 e. The Kier molecular flexibility index (Phi) is 5.50. The van der Waals surface area contributed by atoms with Gasteiger partial charge in [0.2, 0.25) is 0 Å². The van der Waals surface area contributed by atoms with Crippen LogP contribution in [-0.4, -0.2) is 35.1 Å². The smallest absolute Gasteiger partial charge is 0.294 e. The van der Waals surface area contributed by atoms with Gasteiger partial charge in [0.25, 0.3) is 10.1 Å². The lowest BCUT2D eigenvalue weighted by Gasteiger charge is -2.25. The van der Waals surface area contributed by atoms with E-state index in [1.165, 1.54) is 18.2 Å². The second-order valence-electron chi connectivity index (χ2n) is 6.11. The molecule has 146 valence electrons. The number of imidazole rings is 1. The Bertz CT molecular complexity index is 999. The third-order valence-corrected chi connectivity index (χ3v) is 5.37. The maximum Gasteiger partial charge on any atom is 0.294 e. The molecule has 2 aromatic rings. The number of ether oxygens (including phenoxy) is 1. The lowest BCUT2D eigenvalue weighted by atomic mass is 10.1. The summed E-state index contributed by atoms with van der Waals surface area (Å²) in [6, 6.07) is 4.13. The number of aromatic nitrogens is 2. The van der Waals surface area contributed by atoms with E-state index in [1.807, 2.05) is 18.5 Å². The Balaban J connectivity index is 2.12. The first-order chi connectivity index (χ1) is 12.8. The molecule has 2 heterocycles. The molecular weight excluding hydrogens is 388 g/mol. The summed E-state index contributed by atoms with van der Waals surface area (Å²) >= 11 is 4.57. The van der Waals surface area contributed by atoms with E-state index in [4.69, 9.17) is 4.74 Å². The lowest BCUT2D eigenvalue weighted by molar-refractivity contribution is 0.339. The minimum Gasteiger partial charge on any atom is -0.493 e. The van der Waals surface area contributed by atoms with Crippen molar-refractivity contribution in [1.29, 1.82) is 0 Å². The molecule has 8 nitrogen and oxygen atoms in total. The highest BCUT2D eigenvalue weighted by Crippen LogP contribution is 2.32. The summed E-state index contributed by atoms with van der Waals surface area (Å²) in [5, 5.41) is -0.469. The maximum absolute atomic E-state index is 11.6. The first kappa shape index (κ1) is 19.7. The molecule has 0 radical (unpaired) electrons. The Morgan fingerprint density at radius 1 is 1.37 bits per heavy atom. The molecule has 0 saturated carbocycles. The van der Waals surface area contributed by atoms with E-state index in [-0.39, 0.29) is 4.90 Å². The summed E-state index contributed by atoms with van der Waals surface area (Å²) in [5.41, 5.74) is 5.30. The van der Waals surface area contributed by atoms with Crippen LogP contribution in [0.2, 0.25) is 0 Å². The van der Waals surface area contributed by atoms with Crippen LogP contribution in [0.5, 0.6) is 5.75 Å². The van der Waals surface area contributed by atoms with Crippen LogP contribution in [-0.2, 0) is 16.5 Å². The van der Waals surface area contributed by atoms with Crippen LogP contribution in [0.25, 0.3) is 0 Å². The average molecular weight is 411 g/mol. The number of amidine groups is 1. The van der Waals surface area contributed by atoms with Crippen LogP contribution in [0.1, 0.15) is 48.4 Å². The Morgan fingerprint density at radius 3 is 2.74 bits per heavy atom. The molecule has 1 aromatic heterocycles. The van der Waals surface area contributed by atoms with Crippen LogP contribution in [0.4, 0.5) is 0 Å². The predicted octanol–water partition coefficient (Wildman–Crippen LogP) is 2.72. The van der Waals surface area contributed by atoms with Gasteiger partial charge >= 0.3 is 0 Å². The average Bonchev–Trinajstić information content (AvgIpc) is 2.91. The van der Waals surface area contributed by atoms with Gasteiger partial charge in [0.1, 0.15) is 16.9 Å². The van der Waals surface area contributed by atoms with Gasteiger partial charge in [-0.15, -0.1) is 12.6 Å². The number of nitrogens with zero attached hydrogens (tertiary/aromatic N) is 3. The Labute approximate surface area is 163 Å². The summed E-state index contributed by atoms with van der Waals surface area (Å²) in [7, 11) is -4.36. The molecule has 0 saturated heterocycles. The van der Waals surface area contributed by atoms with E-state index in [9.17, 15) is 13.0 Å². The van der Waals surface area contributed by atoms with E-state index in [2.05, 4.69) is 35.0 Å². The number of hydrogen-bond acceptors (Lipinski definition) is 7. The number of hydrogen-bond donors (Lipinski definition) is 3.